The predicted molar refractivity (Wildman–Crippen MR) is 98.1 cm³/mol. The van der Waals surface area contributed by atoms with Gasteiger partial charge in [0.15, 0.2) is 30.5 Å². The molecule has 1 rings (SSSR count). The number of hydrogen-bond acceptors (Lipinski definition) is 11. The molecule has 1 aliphatic rings. The number of carbonyl (C=O) groups is 5. The second-order valence-electron chi connectivity index (χ2n) is 6.75. The fourth-order valence-corrected chi connectivity index (χ4v) is 3.21. The van der Waals surface area contributed by atoms with Crippen LogP contribution in [0.25, 0.3) is 0 Å². The predicted octanol–water partition coefficient (Wildman–Crippen LogP) is 0.403. The zero-order chi connectivity index (χ0) is 23.7. The molecule has 0 aromatic heterocycles. The van der Waals surface area contributed by atoms with Crippen molar-refractivity contribution in [2.45, 2.75) is 77.7 Å². The van der Waals surface area contributed by atoms with Gasteiger partial charge in [0.25, 0.3) is 0 Å². The van der Waals surface area contributed by atoms with Crippen LogP contribution in [0.3, 0.4) is 0 Å². The maximum absolute atomic E-state index is 12.6. The summed E-state index contributed by atoms with van der Waals surface area (Å²) < 4.78 is 44.5. The molecule has 4 atom stereocenters. The highest BCUT2D eigenvalue weighted by Crippen LogP contribution is 2.34. The standard InChI is InChI=1S/C19H27FO11/c1-9(21)27-15-14(26-8-6-7-20)16(28-10(2)22)18(30-12(4)24)19(31-13(5)25)17(15)29-11(3)23/h14-19H,6-8H2,1-5H3. The third kappa shape index (κ3) is 8.12. The molecule has 1 aliphatic carbocycles. The van der Waals surface area contributed by atoms with Gasteiger partial charge in [-0.1, -0.05) is 0 Å². The first kappa shape index (κ1) is 26.3. The number of alkyl halides is 1. The van der Waals surface area contributed by atoms with Gasteiger partial charge in [-0.3, -0.25) is 28.4 Å². The van der Waals surface area contributed by atoms with Gasteiger partial charge in [0.1, 0.15) is 6.10 Å². The van der Waals surface area contributed by atoms with Crippen LogP contribution in [-0.2, 0) is 52.4 Å². The molecule has 1 fully saturated rings. The fraction of sp³-hybridized carbons (Fsp3) is 0.737. The van der Waals surface area contributed by atoms with E-state index in [1.54, 1.807) is 0 Å². The Morgan fingerprint density at radius 3 is 1.03 bits per heavy atom. The maximum Gasteiger partial charge on any atom is 0.303 e. The molecule has 4 unspecified atom stereocenters. The van der Waals surface area contributed by atoms with E-state index in [2.05, 4.69) is 0 Å². The third-order valence-corrected chi connectivity index (χ3v) is 4.04. The lowest BCUT2D eigenvalue weighted by molar-refractivity contribution is -0.262. The van der Waals surface area contributed by atoms with E-state index in [1.807, 2.05) is 0 Å². The molecule has 0 aromatic carbocycles. The van der Waals surface area contributed by atoms with Gasteiger partial charge in [-0.25, -0.2) is 0 Å². The molecule has 176 valence electrons. The molecular formula is C19H27FO11. The van der Waals surface area contributed by atoms with Crippen molar-refractivity contribution in [1.29, 1.82) is 0 Å². The lowest BCUT2D eigenvalue weighted by atomic mass is 9.83. The second kappa shape index (κ2) is 12.2. The van der Waals surface area contributed by atoms with Crippen molar-refractivity contribution < 1.29 is 56.8 Å². The topological polar surface area (TPSA) is 141 Å². The summed E-state index contributed by atoms with van der Waals surface area (Å²) in [5.74, 6) is -4.10. The average molecular weight is 450 g/mol. The summed E-state index contributed by atoms with van der Waals surface area (Å²) in [7, 11) is 0. The number of halogens is 1. The van der Waals surface area contributed by atoms with Crippen LogP contribution in [0.1, 0.15) is 41.0 Å². The average Bonchev–Trinajstić information content (AvgIpc) is 2.61. The summed E-state index contributed by atoms with van der Waals surface area (Å²) in [6.45, 7) is 4.42. The number of hydrogen-bond donors (Lipinski definition) is 0. The SMILES string of the molecule is CC(=O)OC1C(OCCCF)C(OC(C)=O)C(OC(C)=O)C(OC(C)=O)C1OC(C)=O. The lowest BCUT2D eigenvalue weighted by Gasteiger charge is -2.47. The van der Waals surface area contributed by atoms with E-state index < -0.39 is 73.1 Å². The van der Waals surface area contributed by atoms with Crippen molar-refractivity contribution >= 4 is 29.8 Å². The van der Waals surface area contributed by atoms with E-state index in [-0.39, 0.29) is 13.0 Å². The van der Waals surface area contributed by atoms with Gasteiger partial charge in [0.2, 0.25) is 0 Å². The van der Waals surface area contributed by atoms with Crippen LogP contribution in [0.2, 0.25) is 0 Å². The van der Waals surface area contributed by atoms with Crippen molar-refractivity contribution in [3.05, 3.63) is 0 Å². The fourth-order valence-electron chi connectivity index (χ4n) is 3.21. The van der Waals surface area contributed by atoms with Crippen molar-refractivity contribution in [3.8, 4) is 0 Å². The molecule has 12 heteroatoms. The summed E-state index contributed by atoms with van der Waals surface area (Å²) in [5, 5.41) is 0. The molecule has 11 nitrogen and oxygen atoms in total. The van der Waals surface area contributed by atoms with E-state index >= 15 is 0 Å². The Bertz CT molecular complexity index is 636. The Morgan fingerprint density at radius 2 is 0.806 bits per heavy atom. The zero-order valence-electron chi connectivity index (χ0n) is 18.0. The monoisotopic (exact) mass is 450 g/mol. The van der Waals surface area contributed by atoms with Crippen LogP contribution < -0.4 is 0 Å². The molecule has 0 bridgehead atoms. The number of ether oxygens (including phenoxy) is 6. The van der Waals surface area contributed by atoms with Crippen LogP contribution in [-0.4, -0.2) is 79.8 Å². The Hall–Kier alpha value is -2.76. The molecule has 0 aliphatic heterocycles. The van der Waals surface area contributed by atoms with Crippen molar-refractivity contribution in [3.63, 3.8) is 0 Å². The molecule has 0 N–H and O–H groups in total. The molecule has 0 spiro atoms. The van der Waals surface area contributed by atoms with Crippen LogP contribution in [0.5, 0.6) is 0 Å². The van der Waals surface area contributed by atoms with E-state index in [9.17, 15) is 28.4 Å². The maximum atomic E-state index is 12.6. The molecule has 0 radical (unpaired) electrons. The van der Waals surface area contributed by atoms with Gasteiger partial charge in [0, 0.05) is 41.2 Å². The molecule has 0 aromatic rings. The Labute approximate surface area is 178 Å². The summed E-state index contributed by atoms with van der Waals surface area (Å²) in [4.78, 5) is 58.7. The minimum absolute atomic E-state index is 0.0417. The van der Waals surface area contributed by atoms with Gasteiger partial charge in [-0.15, -0.1) is 0 Å². The largest absolute Gasteiger partial charge is 0.455 e. The Kier molecular flexibility index (Phi) is 10.3. The lowest BCUT2D eigenvalue weighted by Crippen LogP contribution is -2.68. The molecule has 31 heavy (non-hydrogen) atoms. The van der Waals surface area contributed by atoms with Gasteiger partial charge < -0.3 is 28.4 Å². The second-order valence-corrected chi connectivity index (χ2v) is 6.75. The smallest absolute Gasteiger partial charge is 0.303 e. The number of rotatable bonds is 9. The van der Waals surface area contributed by atoms with E-state index in [0.717, 1.165) is 34.6 Å². The highest BCUT2D eigenvalue weighted by molar-refractivity contribution is 5.70. The molecular weight excluding hydrogens is 423 g/mol. The van der Waals surface area contributed by atoms with E-state index in [0.29, 0.717) is 0 Å². The first-order valence-electron chi connectivity index (χ1n) is 9.51. The van der Waals surface area contributed by atoms with E-state index in [1.165, 1.54) is 0 Å². The van der Waals surface area contributed by atoms with E-state index in [4.69, 9.17) is 28.4 Å². The third-order valence-electron chi connectivity index (χ3n) is 4.04. The highest BCUT2D eigenvalue weighted by atomic mass is 19.1. The van der Waals surface area contributed by atoms with Crippen LogP contribution in [0.4, 0.5) is 4.39 Å². The summed E-state index contributed by atoms with van der Waals surface area (Å²) >= 11 is 0. The molecule has 0 heterocycles. The van der Waals surface area contributed by atoms with Crippen molar-refractivity contribution in [2.75, 3.05) is 13.3 Å². The first-order valence-corrected chi connectivity index (χ1v) is 9.51. The summed E-state index contributed by atoms with van der Waals surface area (Å²) in [6, 6.07) is 0. The summed E-state index contributed by atoms with van der Waals surface area (Å²) in [5.41, 5.74) is 0. The van der Waals surface area contributed by atoms with Crippen LogP contribution >= 0.6 is 0 Å². The molecule has 0 saturated heterocycles. The van der Waals surface area contributed by atoms with Crippen molar-refractivity contribution in [2.24, 2.45) is 0 Å². The van der Waals surface area contributed by atoms with Crippen LogP contribution in [0, 0.1) is 0 Å². The minimum atomic E-state index is -1.50. The minimum Gasteiger partial charge on any atom is -0.455 e. The normalized spacial score (nSPS) is 27.5. The van der Waals surface area contributed by atoms with Gasteiger partial charge in [-0.2, -0.15) is 0 Å². The summed E-state index contributed by atoms with van der Waals surface area (Å²) in [6.07, 6.45) is -8.68. The van der Waals surface area contributed by atoms with Crippen LogP contribution in [0.15, 0.2) is 0 Å². The molecule has 1 saturated carbocycles. The van der Waals surface area contributed by atoms with Gasteiger partial charge in [-0.05, 0) is 6.42 Å². The van der Waals surface area contributed by atoms with Crippen molar-refractivity contribution in [1.82, 2.24) is 0 Å². The van der Waals surface area contributed by atoms with Gasteiger partial charge >= 0.3 is 29.8 Å². The Balaban J connectivity index is 3.58. The van der Waals surface area contributed by atoms with Gasteiger partial charge in [0.05, 0.1) is 6.67 Å². The highest BCUT2D eigenvalue weighted by Gasteiger charge is 2.59. The molecule has 0 amide bonds. The number of esters is 5. The quantitative estimate of drug-likeness (QED) is 0.274. The zero-order valence-corrected chi connectivity index (χ0v) is 18.0. The first-order chi connectivity index (χ1) is 14.5. The number of carbonyl (C=O) groups excluding carboxylic acids is 5. The Morgan fingerprint density at radius 1 is 0.548 bits per heavy atom.